The third-order valence-corrected chi connectivity index (χ3v) is 3.88. The molecule has 0 fully saturated rings. The monoisotopic (exact) mass is 320 g/mol. The first-order valence-corrected chi connectivity index (χ1v) is 7.33. The maximum absolute atomic E-state index is 12.1. The Morgan fingerprint density at radius 3 is 2.82 bits per heavy atom. The fraction of sp³-hybridized carbons (Fsp3) is 0.375. The average Bonchev–Trinajstić information content (AvgIpc) is 2.96. The van der Waals surface area contributed by atoms with Crippen molar-refractivity contribution >= 4 is 18.3 Å². The van der Waals surface area contributed by atoms with Gasteiger partial charge in [0.15, 0.2) is 0 Å². The summed E-state index contributed by atoms with van der Waals surface area (Å²) >= 11 is 0. The van der Waals surface area contributed by atoms with Crippen LogP contribution in [0.3, 0.4) is 0 Å². The van der Waals surface area contributed by atoms with Crippen molar-refractivity contribution in [2.75, 3.05) is 20.1 Å². The SMILES string of the molecule is CNCCC(=O)N1CCc2c(cnn2-c2ccccc2)C1.Cl. The molecule has 1 N–H and O–H groups in total. The van der Waals surface area contributed by atoms with Crippen molar-refractivity contribution in [3.63, 3.8) is 0 Å². The molecule has 0 radical (unpaired) electrons. The summed E-state index contributed by atoms with van der Waals surface area (Å²) in [4.78, 5) is 14.0. The van der Waals surface area contributed by atoms with Gasteiger partial charge >= 0.3 is 0 Å². The smallest absolute Gasteiger partial charge is 0.224 e. The van der Waals surface area contributed by atoms with Crippen LogP contribution in [-0.4, -0.2) is 40.7 Å². The van der Waals surface area contributed by atoms with Gasteiger partial charge in [0.25, 0.3) is 0 Å². The highest BCUT2D eigenvalue weighted by Crippen LogP contribution is 2.22. The zero-order chi connectivity index (χ0) is 14.7. The third kappa shape index (κ3) is 3.31. The summed E-state index contributed by atoms with van der Waals surface area (Å²) in [5.41, 5.74) is 3.45. The molecule has 6 heteroatoms. The molecule has 0 unspecified atom stereocenters. The van der Waals surface area contributed by atoms with Crippen molar-refractivity contribution < 1.29 is 4.79 Å². The lowest BCUT2D eigenvalue weighted by atomic mass is 10.1. The Morgan fingerprint density at radius 2 is 2.09 bits per heavy atom. The minimum atomic E-state index is 0. The molecule has 1 amide bonds. The Morgan fingerprint density at radius 1 is 1.32 bits per heavy atom. The van der Waals surface area contributed by atoms with Gasteiger partial charge in [-0.05, 0) is 19.2 Å². The number of halogens is 1. The summed E-state index contributed by atoms with van der Waals surface area (Å²) in [6.45, 7) is 2.17. The van der Waals surface area contributed by atoms with Crippen molar-refractivity contribution in [1.29, 1.82) is 0 Å². The van der Waals surface area contributed by atoms with Crippen LogP contribution < -0.4 is 5.32 Å². The largest absolute Gasteiger partial charge is 0.338 e. The first-order valence-electron chi connectivity index (χ1n) is 7.33. The zero-order valence-electron chi connectivity index (χ0n) is 12.7. The number of aromatic nitrogens is 2. The van der Waals surface area contributed by atoms with Gasteiger partial charge in [-0.1, -0.05) is 18.2 Å². The Balaban J connectivity index is 0.00000176. The lowest BCUT2D eigenvalue weighted by molar-refractivity contribution is -0.132. The lowest BCUT2D eigenvalue weighted by Gasteiger charge is -2.27. The molecule has 0 aliphatic carbocycles. The number of para-hydroxylation sites is 1. The number of amides is 1. The number of hydrogen-bond donors (Lipinski definition) is 1. The van der Waals surface area contributed by atoms with E-state index in [4.69, 9.17) is 0 Å². The minimum Gasteiger partial charge on any atom is -0.338 e. The summed E-state index contributed by atoms with van der Waals surface area (Å²) in [6, 6.07) is 10.1. The van der Waals surface area contributed by atoms with Gasteiger partial charge in [-0.2, -0.15) is 5.10 Å². The highest BCUT2D eigenvalue weighted by atomic mass is 35.5. The van der Waals surface area contributed by atoms with Gasteiger partial charge in [-0.25, -0.2) is 4.68 Å². The zero-order valence-corrected chi connectivity index (χ0v) is 13.5. The number of carbonyl (C=O) groups is 1. The molecule has 3 rings (SSSR count). The van der Waals surface area contributed by atoms with Gasteiger partial charge in [-0.3, -0.25) is 4.79 Å². The lowest BCUT2D eigenvalue weighted by Crippen LogP contribution is -2.37. The van der Waals surface area contributed by atoms with Crippen LogP contribution in [0.5, 0.6) is 0 Å². The fourth-order valence-electron chi connectivity index (χ4n) is 2.73. The summed E-state index contributed by atoms with van der Waals surface area (Å²) in [5, 5.41) is 7.51. The molecule has 5 nitrogen and oxygen atoms in total. The second-order valence-electron chi connectivity index (χ2n) is 5.28. The van der Waals surface area contributed by atoms with Crippen molar-refractivity contribution in [2.24, 2.45) is 0 Å². The molecule has 1 aliphatic rings. The van der Waals surface area contributed by atoms with E-state index in [-0.39, 0.29) is 18.3 Å². The molecule has 118 valence electrons. The molecule has 1 aromatic heterocycles. The number of nitrogens with zero attached hydrogens (tertiary/aromatic N) is 3. The maximum atomic E-state index is 12.1. The number of fused-ring (bicyclic) bond motifs is 1. The molecule has 1 aliphatic heterocycles. The first kappa shape index (κ1) is 16.5. The predicted octanol–water partition coefficient (Wildman–Crippen LogP) is 1.79. The maximum Gasteiger partial charge on any atom is 0.224 e. The molecule has 0 saturated carbocycles. The van der Waals surface area contributed by atoms with Crippen LogP contribution in [0.1, 0.15) is 17.7 Å². The minimum absolute atomic E-state index is 0. The van der Waals surface area contributed by atoms with Gasteiger partial charge in [0.1, 0.15) is 0 Å². The summed E-state index contributed by atoms with van der Waals surface area (Å²) in [6.07, 6.45) is 3.30. The molecule has 1 aromatic carbocycles. The van der Waals surface area contributed by atoms with E-state index in [1.165, 1.54) is 5.69 Å². The van der Waals surface area contributed by atoms with E-state index < -0.39 is 0 Å². The molecule has 2 aromatic rings. The molecular weight excluding hydrogens is 300 g/mol. The second kappa shape index (κ2) is 7.42. The molecule has 0 bridgehead atoms. The molecule has 2 heterocycles. The van der Waals surface area contributed by atoms with Crippen molar-refractivity contribution in [3.05, 3.63) is 47.8 Å². The predicted molar refractivity (Wildman–Crippen MR) is 88.5 cm³/mol. The van der Waals surface area contributed by atoms with Gasteiger partial charge in [-0.15, -0.1) is 12.4 Å². The van der Waals surface area contributed by atoms with Gasteiger partial charge in [0.2, 0.25) is 5.91 Å². The standard InChI is InChI=1S/C16H20N4O.ClH/c1-17-9-7-16(21)19-10-8-15-13(12-19)11-18-20(15)14-5-3-2-4-6-14;/h2-6,11,17H,7-10,12H2,1H3;1H. The average molecular weight is 321 g/mol. The van der Waals surface area contributed by atoms with Crippen LogP contribution in [-0.2, 0) is 17.8 Å². The Kier molecular flexibility index (Phi) is 5.57. The number of hydrogen-bond acceptors (Lipinski definition) is 3. The van der Waals surface area contributed by atoms with Crippen LogP contribution in [0.25, 0.3) is 5.69 Å². The number of carbonyl (C=O) groups excluding carboxylic acids is 1. The molecule has 0 atom stereocenters. The van der Waals surface area contributed by atoms with E-state index in [1.54, 1.807) is 0 Å². The third-order valence-electron chi connectivity index (χ3n) is 3.88. The molecule has 22 heavy (non-hydrogen) atoms. The fourth-order valence-corrected chi connectivity index (χ4v) is 2.73. The molecule has 0 spiro atoms. The molecule has 0 saturated heterocycles. The summed E-state index contributed by atoms with van der Waals surface area (Å²) < 4.78 is 1.99. The first-order chi connectivity index (χ1) is 10.3. The second-order valence-corrected chi connectivity index (χ2v) is 5.28. The Bertz CT molecular complexity index is 626. The van der Waals surface area contributed by atoms with Crippen LogP contribution in [0.2, 0.25) is 0 Å². The summed E-state index contributed by atoms with van der Waals surface area (Å²) in [7, 11) is 1.87. The topological polar surface area (TPSA) is 50.2 Å². The van der Waals surface area contributed by atoms with E-state index in [0.717, 1.165) is 30.8 Å². The van der Waals surface area contributed by atoms with Crippen molar-refractivity contribution in [3.8, 4) is 5.69 Å². The van der Waals surface area contributed by atoms with Gasteiger partial charge in [0.05, 0.1) is 17.6 Å². The van der Waals surface area contributed by atoms with Crippen molar-refractivity contribution in [2.45, 2.75) is 19.4 Å². The van der Waals surface area contributed by atoms with Crippen LogP contribution in [0.4, 0.5) is 0 Å². The van der Waals surface area contributed by atoms with E-state index >= 15 is 0 Å². The Hall–Kier alpha value is -1.85. The number of benzene rings is 1. The van der Waals surface area contributed by atoms with Gasteiger partial charge in [0, 0.05) is 38.0 Å². The molecular formula is C16H21ClN4O. The highest BCUT2D eigenvalue weighted by molar-refractivity contribution is 5.85. The van der Waals surface area contributed by atoms with E-state index in [1.807, 2.05) is 41.0 Å². The van der Waals surface area contributed by atoms with Gasteiger partial charge < -0.3 is 10.2 Å². The highest BCUT2D eigenvalue weighted by Gasteiger charge is 2.23. The quantitative estimate of drug-likeness (QED) is 0.934. The van der Waals surface area contributed by atoms with E-state index in [9.17, 15) is 4.79 Å². The van der Waals surface area contributed by atoms with E-state index in [0.29, 0.717) is 13.0 Å². The van der Waals surface area contributed by atoms with E-state index in [2.05, 4.69) is 22.5 Å². The summed E-state index contributed by atoms with van der Waals surface area (Å²) in [5.74, 6) is 0.211. The number of rotatable bonds is 4. The van der Waals surface area contributed by atoms with Crippen LogP contribution >= 0.6 is 12.4 Å². The Labute approximate surface area is 136 Å². The normalized spacial score (nSPS) is 13.4. The van der Waals surface area contributed by atoms with Crippen molar-refractivity contribution in [1.82, 2.24) is 20.0 Å². The number of nitrogens with one attached hydrogen (secondary N) is 1. The van der Waals surface area contributed by atoms with Crippen LogP contribution in [0, 0.1) is 0 Å². The van der Waals surface area contributed by atoms with Crippen LogP contribution in [0.15, 0.2) is 36.5 Å².